The molecule has 1 aliphatic rings. The van der Waals surface area contributed by atoms with Crippen molar-refractivity contribution in [3.8, 4) is 0 Å². The normalized spacial score (nSPS) is 17.8. The lowest BCUT2D eigenvalue weighted by Gasteiger charge is -2.29. The lowest BCUT2D eigenvalue weighted by atomic mass is 9.99. The van der Waals surface area contributed by atoms with Gasteiger partial charge in [-0.2, -0.15) is 8.78 Å². The van der Waals surface area contributed by atoms with Gasteiger partial charge in [0.15, 0.2) is 0 Å². The second-order valence-corrected chi connectivity index (χ2v) is 8.17. The molecule has 2 atom stereocenters. The molecule has 10 heteroatoms. The van der Waals surface area contributed by atoms with Crippen LogP contribution in [-0.4, -0.2) is 35.0 Å². The molecule has 2 unspecified atom stereocenters. The van der Waals surface area contributed by atoms with E-state index in [1.807, 2.05) is 0 Å². The van der Waals surface area contributed by atoms with Crippen LogP contribution in [-0.2, 0) is 9.59 Å². The van der Waals surface area contributed by atoms with Crippen molar-refractivity contribution in [1.29, 1.82) is 5.41 Å². The van der Waals surface area contributed by atoms with E-state index in [0.717, 1.165) is 6.21 Å². The van der Waals surface area contributed by atoms with Crippen molar-refractivity contribution in [2.45, 2.75) is 31.4 Å². The number of nitrogens with one attached hydrogen (secondary N) is 3. The number of nitrogens with zero attached hydrogens (tertiary/aromatic N) is 2. The Morgan fingerprint density at radius 1 is 1.11 bits per heavy atom. The largest absolute Gasteiger partial charge is 0.354 e. The van der Waals surface area contributed by atoms with Gasteiger partial charge in [-0.05, 0) is 42.0 Å². The zero-order valence-electron chi connectivity index (χ0n) is 18.6. The molecule has 0 saturated carbocycles. The van der Waals surface area contributed by atoms with Gasteiger partial charge in [0, 0.05) is 25.2 Å². The zero-order chi connectivity index (χ0) is 25.2. The van der Waals surface area contributed by atoms with E-state index in [-0.39, 0.29) is 17.9 Å². The van der Waals surface area contributed by atoms with Crippen molar-refractivity contribution in [2.24, 2.45) is 0 Å². The summed E-state index contributed by atoms with van der Waals surface area (Å²) in [5.41, 5.74) is 1.87. The van der Waals surface area contributed by atoms with Crippen LogP contribution in [0.25, 0.3) is 0 Å². The Balaban J connectivity index is 1.69. The molecule has 180 valence electrons. The molecule has 2 aromatic carbocycles. The number of pyridine rings is 1. The minimum absolute atomic E-state index is 0.196. The van der Waals surface area contributed by atoms with Crippen molar-refractivity contribution >= 4 is 35.2 Å². The van der Waals surface area contributed by atoms with Crippen LogP contribution < -0.4 is 15.5 Å². The number of halogens is 3. The fourth-order valence-electron chi connectivity index (χ4n) is 3.96. The molecular formula is C25H22F3N5O2. The molecule has 1 fully saturated rings. The summed E-state index contributed by atoms with van der Waals surface area (Å²) in [5, 5.41) is 13.1. The molecule has 7 nitrogen and oxygen atoms in total. The van der Waals surface area contributed by atoms with Gasteiger partial charge < -0.3 is 16.0 Å². The first-order valence-electron chi connectivity index (χ1n) is 10.8. The van der Waals surface area contributed by atoms with Crippen LogP contribution in [0.4, 0.5) is 30.4 Å². The summed E-state index contributed by atoms with van der Waals surface area (Å²) >= 11 is 0. The minimum Gasteiger partial charge on any atom is -0.354 e. The Kier molecular flexibility index (Phi) is 6.54. The standard InChI is InChI=1S/C25H22F3N5O2/c1-25(27,28)24(35)32-19-13-22(34)33(23(19)15-5-3-2-4-6-15)21-12-11-18(20(14-29)31-21)30-17-9-7-16(26)8-10-17/h2-12,14,19,23,29-30H,13H2,1H3,(H,32,35). The number of rotatable bonds is 7. The minimum atomic E-state index is -3.60. The van der Waals surface area contributed by atoms with Gasteiger partial charge in [-0.25, -0.2) is 9.37 Å². The van der Waals surface area contributed by atoms with Crippen molar-refractivity contribution in [1.82, 2.24) is 10.3 Å². The van der Waals surface area contributed by atoms with Crippen molar-refractivity contribution in [2.75, 3.05) is 10.2 Å². The third-order valence-corrected chi connectivity index (χ3v) is 5.60. The van der Waals surface area contributed by atoms with Crippen molar-refractivity contribution < 1.29 is 22.8 Å². The van der Waals surface area contributed by atoms with Gasteiger partial charge in [-0.15, -0.1) is 0 Å². The van der Waals surface area contributed by atoms with Gasteiger partial charge in [0.05, 0.1) is 17.8 Å². The molecule has 0 radical (unpaired) electrons. The highest BCUT2D eigenvalue weighted by Gasteiger charge is 2.45. The average Bonchev–Trinajstić information content (AvgIpc) is 3.16. The summed E-state index contributed by atoms with van der Waals surface area (Å²) in [6.45, 7) is 0.499. The van der Waals surface area contributed by atoms with Crippen LogP contribution in [0.5, 0.6) is 0 Å². The molecule has 0 spiro atoms. The highest BCUT2D eigenvalue weighted by Crippen LogP contribution is 2.37. The first-order valence-corrected chi connectivity index (χ1v) is 10.8. The van der Waals surface area contributed by atoms with Crippen LogP contribution >= 0.6 is 0 Å². The lowest BCUT2D eigenvalue weighted by Crippen LogP contribution is -2.46. The Labute approximate surface area is 199 Å². The van der Waals surface area contributed by atoms with Gasteiger partial charge in [-0.1, -0.05) is 30.3 Å². The van der Waals surface area contributed by atoms with E-state index < -0.39 is 35.6 Å². The maximum Gasteiger partial charge on any atom is 0.321 e. The number of aromatic nitrogens is 1. The Hall–Kier alpha value is -4.21. The SMILES string of the molecule is CC(F)(F)C(=O)NC1CC(=O)N(c2ccc(Nc3ccc(F)cc3)c(C=N)n2)C1c1ccccc1. The van der Waals surface area contributed by atoms with Crippen molar-refractivity contribution in [3.05, 3.63) is 83.8 Å². The molecule has 3 N–H and O–H groups in total. The van der Waals surface area contributed by atoms with Gasteiger partial charge >= 0.3 is 5.92 Å². The Morgan fingerprint density at radius 2 is 1.80 bits per heavy atom. The lowest BCUT2D eigenvalue weighted by molar-refractivity contribution is -0.143. The average molecular weight is 481 g/mol. The molecule has 1 aliphatic heterocycles. The highest BCUT2D eigenvalue weighted by molar-refractivity contribution is 5.98. The number of hydrogen-bond acceptors (Lipinski definition) is 5. The summed E-state index contributed by atoms with van der Waals surface area (Å²) in [7, 11) is 0. The van der Waals surface area contributed by atoms with E-state index in [1.54, 1.807) is 42.5 Å². The molecule has 2 amide bonds. The molecule has 3 aromatic rings. The summed E-state index contributed by atoms with van der Waals surface area (Å²) in [6.07, 6.45) is 0.808. The van der Waals surface area contributed by atoms with Crippen LogP contribution in [0.3, 0.4) is 0 Å². The fraction of sp³-hybridized carbons (Fsp3) is 0.200. The summed E-state index contributed by atoms with van der Waals surface area (Å²) < 4.78 is 40.4. The van der Waals surface area contributed by atoms with E-state index in [4.69, 9.17) is 5.41 Å². The van der Waals surface area contributed by atoms with Crippen molar-refractivity contribution in [3.63, 3.8) is 0 Å². The summed E-state index contributed by atoms with van der Waals surface area (Å²) in [5.74, 6) is -5.67. The molecule has 1 aromatic heterocycles. The Morgan fingerprint density at radius 3 is 2.43 bits per heavy atom. The number of carbonyl (C=O) groups excluding carboxylic acids is 2. The maximum atomic E-state index is 13.6. The number of benzene rings is 2. The number of alkyl halides is 2. The third kappa shape index (κ3) is 5.16. The van der Waals surface area contributed by atoms with Gasteiger partial charge in [0.1, 0.15) is 17.3 Å². The Bertz CT molecular complexity index is 1250. The van der Waals surface area contributed by atoms with Gasteiger partial charge in [-0.3, -0.25) is 14.5 Å². The maximum absolute atomic E-state index is 13.6. The second kappa shape index (κ2) is 9.57. The first-order chi connectivity index (χ1) is 16.7. The quantitative estimate of drug-likeness (QED) is 0.430. The second-order valence-electron chi connectivity index (χ2n) is 8.17. The molecule has 4 rings (SSSR count). The number of carbonyl (C=O) groups is 2. The van der Waals surface area contributed by atoms with E-state index in [2.05, 4.69) is 15.6 Å². The smallest absolute Gasteiger partial charge is 0.321 e. The van der Waals surface area contributed by atoms with Crippen LogP contribution in [0.1, 0.15) is 30.6 Å². The summed E-state index contributed by atoms with van der Waals surface area (Å²) in [6, 6.07) is 15.9. The fourth-order valence-corrected chi connectivity index (χ4v) is 3.96. The van der Waals surface area contributed by atoms with E-state index >= 15 is 0 Å². The molecule has 2 heterocycles. The van der Waals surface area contributed by atoms with E-state index in [0.29, 0.717) is 23.9 Å². The third-order valence-electron chi connectivity index (χ3n) is 5.60. The van der Waals surface area contributed by atoms with E-state index in [9.17, 15) is 22.8 Å². The molecule has 0 aliphatic carbocycles. The van der Waals surface area contributed by atoms with Gasteiger partial charge in [0.25, 0.3) is 5.91 Å². The van der Waals surface area contributed by atoms with E-state index in [1.165, 1.54) is 29.2 Å². The predicted octanol–water partition coefficient (Wildman–Crippen LogP) is 4.58. The van der Waals surface area contributed by atoms with Crippen LogP contribution in [0.2, 0.25) is 0 Å². The topological polar surface area (TPSA) is 98.2 Å². The monoisotopic (exact) mass is 481 g/mol. The van der Waals surface area contributed by atoms with Crippen LogP contribution in [0.15, 0.2) is 66.7 Å². The molecule has 0 bridgehead atoms. The number of amides is 2. The summed E-state index contributed by atoms with van der Waals surface area (Å²) in [4.78, 5) is 30.9. The number of hydrogen-bond donors (Lipinski definition) is 3. The van der Waals surface area contributed by atoms with Crippen LogP contribution in [0, 0.1) is 11.2 Å². The first kappa shape index (κ1) is 23.9. The zero-order valence-corrected chi connectivity index (χ0v) is 18.6. The predicted molar refractivity (Wildman–Crippen MR) is 126 cm³/mol. The molecular weight excluding hydrogens is 459 g/mol. The van der Waals surface area contributed by atoms with Gasteiger partial charge in [0.2, 0.25) is 5.91 Å². The molecule has 35 heavy (non-hydrogen) atoms. The highest BCUT2D eigenvalue weighted by atomic mass is 19.3. The molecule has 1 saturated heterocycles. The number of anilines is 3.